The molecular formula is C18H38O3S2Si. The summed E-state index contributed by atoms with van der Waals surface area (Å²) in [5.41, 5.74) is 0. The van der Waals surface area contributed by atoms with Crippen LogP contribution in [0, 0.1) is 11.8 Å². The summed E-state index contributed by atoms with van der Waals surface area (Å²) in [4.78, 5) is 0. The zero-order valence-electron chi connectivity index (χ0n) is 17.0. The third-order valence-electron chi connectivity index (χ3n) is 5.45. The van der Waals surface area contributed by atoms with Gasteiger partial charge in [0.1, 0.15) is 0 Å². The first-order valence-corrected chi connectivity index (χ1v) is 14.0. The summed E-state index contributed by atoms with van der Waals surface area (Å²) < 4.78 is 18.7. The van der Waals surface area contributed by atoms with Crippen LogP contribution in [0.2, 0.25) is 18.1 Å². The summed E-state index contributed by atoms with van der Waals surface area (Å²) >= 11 is 4.19. The van der Waals surface area contributed by atoms with Crippen molar-refractivity contribution >= 4 is 31.8 Å². The Kier molecular flexibility index (Phi) is 9.18. The molecule has 0 aliphatic carbocycles. The molecule has 3 atom stereocenters. The lowest BCUT2D eigenvalue weighted by atomic mass is 9.94. The van der Waals surface area contributed by atoms with Gasteiger partial charge < -0.3 is 13.9 Å². The van der Waals surface area contributed by atoms with E-state index in [0.29, 0.717) is 10.5 Å². The van der Waals surface area contributed by atoms with Gasteiger partial charge in [-0.3, -0.25) is 0 Å². The molecule has 6 heteroatoms. The molecule has 3 nitrogen and oxygen atoms in total. The minimum absolute atomic E-state index is 0.152. The second-order valence-corrected chi connectivity index (χ2v) is 15.9. The van der Waals surface area contributed by atoms with E-state index in [0.717, 1.165) is 0 Å². The van der Waals surface area contributed by atoms with Gasteiger partial charge in [-0.1, -0.05) is 34.6 Å². The van der Waals surface area contributed by atoms with Crippen LogP contribution in [-0.2, 0) is 13.9 Å². The second-order valence-electron chi connectivity index (χ2n) is 8.36. The van der Waals surface area contributed by atoms with Crippen molar-refractivity contribution in [2.75, 3.05) is 25.7 Å². The van der Waals surface area contributed by atoms with Crippen LogP contribution in [0.5, 0.6) is 0 Å². The maximum Gasteiger partial charge on any atom is 0.192 e. The largest absolute Gasteiger partial charge is 0.413 e. The Morgan fingerprint density at radius 3 is 1.92 bits per heavy atom. The van der Waals surface area contributed by atoms with E-state index in [1.807, 2.05) is 0 Å². The van der Waals surface area contributed by atoms with Gasteiger partial charge in [-0.15, -0.1) is 23.5 Å². The summed E-state index contributed by atoms with van der Waals surface area (Å²) in [6.45, 7) is 16.2. The first-order chi connectivity index (χ1) is 11.0. The SMILES string of the molecule is COC(OC)[C@H](C)[C@@H](O[Si](C)(C)C(C)(C)C)[C@@H](C)C1SCCCS1. The summed E-state index contributed by atoms with van der Waals surface area (Å²) in [7, 11) is 1.59. The van der Waals surface area contributed by atoms with Gasteiger partial charge >= 0.3 is 0 Å². The van der Waals surface area contributed by atoms with E-state index in [1.54, 1.807) is 14.2 Å². The van der Waals surface area contributed by atoms with E-state index in [4.69, 9.17) is 13.9 Å². The molecule has 24 heavy (non-hydrogen) atoms. The van der Waals surface area contributed by atoms with E-state index in [9.17, 15) is 0 Å². The summed E-state index contributed by atoms with van der Waals surface area (Å²) in [6, 6.07) is 0. The van der Waals surface area contributed by atoms with E-state index >= 15 is 0 Å². The van der Waals surface area contributed by atoms with Crippen LogP contribution in [0.3, 0.4) is 0 Å². The molecule has 1 aliphatic rings. The van der Waals surface area contributed by atoms with Crippen molar-refractivity contribution in [3.8, 4) is 0 Å². The lowest BCUT2D eigenvalue weighted by Gasteiger charge is -2.45. The fourth-order valence-electron chi connectivity index (χ4n) is 2.86. The molecule has 0 spiro atoms. The zero-order chi connectivity index (χ0) is 18.5. The lowest BCUT2D eigenvalue weighted by molar-refractivity contribution is -0.159. The molecule has 0 aromatic carbocycles. The zero-order valence-corrected chi connectivity index (χ0v) is 19.7. The van der Waals surface area contributed by atoms with E-state index in [2.05, 4.69) is 71.2 Å². The monoisotopic (exact) mass is 394 g/mol. The fraction of sp³-hybridized carbons (Fsp3) is 1.00. The maximum atomic E-state index is 6.92. The molecule has 0 N–H and O–H groups in total. The molecule has 0 aromatic heterocycles. The molecule has 1 rings (SSSR count). The highest BCUT2D eigenvalue weighted by Crippen LogP contribution is 2.44. The smallest absolute Gasteiger partial charge is 0.192 e. The van der Waals surface area contributed by atoms with Crippen molar-refractivity contribution < 1.29 is 13.9 Å². The number of thioether (sulfide) groups is 2. The highest BCUT2D eigenvalue weighted by molar-refractivity contribution is 8.17. The standard InChI is InChI=1S/C18H38O3S2Si/c1-13(16(19-6)20-7)15(21-24(8,9)18(3,4)5)14(2)17-22-11-10-12-23-17/h13-17H,10-12H2,1-9H3/t13-,14-,15-/m1/s1. The Bertz CT molecular complexity index is 364. The number of hydrogen-bond acceptors (Lipinski definition) is 5. The average molecular weight is 395 g/mol. The van der Waals surface area contributed by atoms with Crippen LogP contribution < -0.4 is 0 Å². The van der Waals surface area contributed by atoms with Crippen LogP contribution in [0.1, 0.15) is 41.0 Å². The summed E-state index contributed by atoms with van der Waals surface area (Å²) in [6.07, 6.45) is 1.25. The van der Waals surface area contributed by atoms with Crippen LogP contribution in [0.15, 0.2) is 0 Å². The van der Waals surface area contributed by atoms with Crippen LogP contribution >= 0.6 is 23.5 Å². The molecule has 0 unspecified atom stereocenters. The third-order valence-corrected chi connectivity index (χ3v) is 13.3. The van der Waals surface area contributed by atoms with E-state index < -0.39 is 8.32 Å². The predicted molar refractivity (Wildman–Crippen MR) is 112 cm³/mol. The van der Waals surface area contributed by atoms with Crippen molar-refractivity contribution in [1.29, 1.82) is 0 Å². The molecule has 0 bridgehead atoms. The minimum atomic E-state index is -1.86. The molecule has 1 fully saturated rings. The Morgan fingerprint density at radius 1 is 1.00 bits per heavy atom. The van der Waals surface area contributed by atoms with Crippen molar-refractivity contribution in [1.82, 2.24) is 0 Å². The average Bonchev–Trinajstić information content (AvgIpc) is 2.52. The minimum Gasteiger partial charge on any atom is -0.413 e. The Balaban J connectivity index is 3.01. The van der Waals surface area contributed by atoms with Crippen molar-refractivity contribution in [3.63, 3.8) is 0 Å². The van der Waals surface area contributed by atoms with Crippen LogP contribution in [0.25, 0.3) is 0 Å². The molecule has 0 aromatic rings. The second kappa shape index (κ2) is 9.65. The van der Waals surface area contributed by atoms with E-state index in [-0.39, 0.29) is 23.4 Å². The maximum absolute atomic E-state index is 6.92. The predicted octanol–water partition coefficient (Wildman–Crippen LogP) is 5.46. The molecule has 1 aliphatic heterocycles. The van der Waals surface area contributed by atoms with Gasteiger partial charge in [0, 0.05) is 26.1 Å². The van der Waals surface area contributed by atoms with Gasteiger partial charge in [-0.25, -0.2) is 0 Å². The molecule has 1 saturated heterocycles. The van der Waals surface area contributed by atoms with Crippen LogP contribution in [0.4, 0.5) is 0 Å². The Labute approximate surface area is 159 Å². The van der Waals surface area contributed by atoms with Crippen molar-refractivity contribution in [3.05, 3.63) is 0 Å². The van der Waals surface area contributed by atoms with Crippen LogP contribution in [-0.4, -0.2) is 51.0 Å². The van der Waals surface area contributed by atoms with Gasteiger partial charge in [0.25, 0.3) is 0 Å². The molecule has 0 amide bonds. The normalized spacial score (nSPS) is 21.8. The van der Waals surface area contributed by atoms with Gasteiger partial charge in [-0.05, 0) is 36.1 Å². The molecule has 0 radical (unpaired) electrons. The number of ether oxygens (including phenoxy) is 2. The number of rotatable bonds is 8. The quantitative estimate of drug-likeness (QED) is 0.402. The number of methoxy groups -OCH3 is 2. The third kappa shape index (κ3) is 5.91. The van der Waals surface area contributed by atoms with E-state index in [1.165, 1.54) is 17.9 Å². The molecule has 1 heterocycles. The van der Waals surface area contributed by atoms with Gasteiger partial charge in [0.15, 0.2) is 14.6 Å². The topological polar surface area (TPSA) is 27.7 Å². The molecule has 144 valence electrons. The summed E-state index contributed by atoms with van der Waals surface area (Å²) in [5, 5.41) is 0.202. The number of hydrogen-bond donors (Lipinski definition) is 0. The molecule has 0 saturated carbocycles. The Hall–Kier alpha value is 0.797. The van der Waals surface area contributed by atoms with Gasteiger partial charge in [-0.2, -0.15) is 0 Å². The van der Waals surface area contributed by atoms with Crippen molar-refractivity contribution in [2.45, 2.75) is 76.1 Å². The lowest BCUT2D eigenvalue weighted by Crippen LogP contribution is -2.51. The highest BCUT2D eigenvalue weighted by Gasteiger charge is 2.44. The van der Waals surface area contributed by atoms with Gasteiger partial charge in [0.05, 0.1) is 10.7 Å². The van der Waals surface area contributed by atoms with Crippen molar-refractivity contribution in [2.24, 2.45) is 11.8 Å². The first kappa shape index (κ1) is 22.8. The molecular weight excluding hydrogens is 356 g/mol. The Morgan fingerprint density at radius 2 is 1.50 bits per heavy atom. The fourth-order valence-corrected chi connectivity index (χ4v) is 7.47. The first-order valence-electron chi connectivity index (χ1n) is 9.01. The summed E-state index contributed by atoms with van der Waals surface area (Å²) in [5.74, 6) is 3.20. The van der Waals surface area contributed by atoms with Gasteiger partial charge in [0.2, 0.25) is 0 Å². The highest BCUT2D eigenvalue weighted by atomic mass is 32.2.